The van der Waals surface area contributed by atoms with Gasteiger partial charge in [0.2, 0.25) is 0 Å². The van der Waals surface area contributed by atoms with Crippen LogP contribution in [0.3, 0.4) is 0 Å². The topological polar surface area (TPSA) is 68.5 Å². The maximum absolute atomic E-state index is 11.9. The summed E-state index contributed by atoms with van der Waals surface area (Å²) in [4.78, 5) is 23.0. The number of carbonyl (C=O) groups is 2. The van der Waals surface area contributed by atoms with Crippen LogP contribution in [-0.2, 0) is 9.53 Å². The Morgan fingerprint density at radius 3 is 2.90 bits per heavy atom. The number of hydrogen-bond acceptors (Lipinski definition) is 4. The third-order valence-electron chi connectivity index (χ3n) is 2.64. The predicted molar refractivity (Wildman–Crippen MR) is 77.5 cm³/mol. The number of amides is 1. The van der Waals surface area contributed by atoms with Gasteiger partial charge in [-0.3, -0.25) is 9.59 Å². The van der Waals surface area contributed by atoms with Gasteiger partial charge in [-0.1, -0.05) is 12.1 Å². The van der Waals surface area contributed by atoms with Crippen molar-refractivity contribution in [1.82, 2.24) is 5.32 Å². The molecule has 0 aliphatic rings. The Bertz CT molecular complexity index is 635. The number of ether oxygens (including phenoxy) is 1. The van der Waals surface area contributed by atoms with Crippen molar-refractivity contribution in [1.29, 1.82) is 0 Å². The minimum absolute atomic E-state index is 0.142. The zero-order valence-electron chi connectivity index (χ0n) is 10.9. The van der Waals surface area contributed by atoms with E-state index in [-0.39, 0.29) is 30.6 Å². The maximum Gasteiger partial charge on any atom is 0.307 e. The molecule has 106 valence electrons. The third-order valence-corrected chi connectivity index (χ3v) is 3.26. The average Bonchev–Trinajstić information content (AvgIpc) is 2.84. The van der Waals surface area contributed by atoms with Gasteiger partial charge in [0.05, 0.1) is 17.5 Å². The van der Waals surface area contributed by atoms with Gasteiger partial charge in [-0.2, -0.15) is 0 Å². The van der Waals surface area contributed by atoms with Crippen molar-refractivity contribution in [3.05, 3.63) is 34.5 Å². The SMILES string of the molecule is CCOC(=O)CCNC(=O)c1cc2cccc(Br)c2o1. The summed E-state index contributed by atoms with van der Waals surface area (Å²) in [6, 6.07) is 7.23. The molecular formula is C14H14BrNO4. The van der Waals surface area contributed by atoms with E-state index < -0.39 is 0 Å². The molecule has 2 rings (SSSR count). The maximum atomic E-state index is 11.9. The van der Waals surface area contributed by atoms with E-state index in [0.717, 1.165) is 9.86 Å². The van der Waals surface area contributed by atoms with Crippen LogP contribution in [0.4, 0.5) is 0 Å². The first-order valence-corrected chi connectivity index (χ1v) is 7.03. The van der Waals surface area contributed by atoms with Crippen LogP contribution in [0.15, 0.2) is 33.2 Å². The molecule has 2 aromatic rings. The van der Waals surface area contributed by atoms with Crippen molar-refractivity contribution in [2.45, 2.75) is 13.3 Å². The number of fused-ring (bicyclic) bond motifs is 1. The molecule has 0 radical (unpaired) electrons. The zero-order chi connectivity index (χ0) is 14.5. The fourth-order valence-corrected chi connectivity index (χ4v) is 2.20. The molecule has 1 aromatic heterocycles. The molecule has 20 heavy (non-hydrogen) atoms. The van der Waals surface area contributed by atoms with Gasteiger partial charge in [0, 0.05) is 11.9 Å². The lowest BCUT2D eigenvalue weighted by atomic mass is 10.2. The van der Waals surface area contributed by atoms with Crippen LogP contribution >= 0.6 is 15.9 Å². The molecule has 0 saturated heterocycles. The van der Waals surface area contributed by atoms with Crippen LogP contribution in [0, 0.1) is 0 Å². The summed E-state index contributed by atoms with van der Waals surface area (Å²) in [5.74, 6) is -0.465. The number of carbonyl (C=O) groups excluding carboxylic acids is 2. The molecule has 1 heterocycles. The molecule has 0 bridgehead atoms. The number of benzene rings is 1. The highest BCUT2D eigenvalue weighted by Crippen LogP contribution is 2.26. The molecule has 0 fully saturated rings. The van der Waals surface area contributed by atoms with E-state index in [1.165, 1.54) is 0 Å². The van der Waals surface area contributed by atoms with Gasteiger partial charge >= 0.3 is 5.97 Å². The molecule has 1 amide bonds. The van der Waals surface area contributed by atoms with Crippen molar-refractivity contribution >= 4 is 38.8 Å². The largest absolute Gasteiger partial charge is 0.466 e. The van der Waals surface area contributed by atoms with Gasteiger partial charge < -0.3 is 14.5 Å². The van der Waals surface area contributed by atoms with E-state index in [0.29, 0.717) is 12.2 Å². The monoisotopic (exact) mass is 339 g/mol. The Hall–Kier alpha value is -1.82. The first-order chi connectivity index (χ1) is 9.61. The highest BCUT2D eigenvalue weighted by molar-refractivity contribution is 9.10. The molecule has 0 aliphatic carbocycles. The molecule has 0 spiro atoms. The average molecular weight is 340 g/mol. The molecule has 6 heteroatoms. The number of halogens is 1. The van der Waals surface area contributed by atoms with E-state index in [9.17, 15) is 9.59 Å². The minimum atomic E-state index is -0.350. The highest BCUT2D eigenvalue weighted by atomic mass is 79.9. The standard InChI is InChI=1S/C14H14BrNO4/c1-2-19-12(17)6-7-16-14(18)11-8-9-4-3-5-10(15)13(9)20-11/h3-5,8H,2,6-7H2,1H3,(H,16,18). The van der Waals surface area contributed by atoms with E-state index in [1.807, 2.05) is 18.2 Å². The molecule has 5 nitrogen and oxygen atoms in total. The van der Waals surface area contributed by atoms with Gasteiger partial charge in [-0.05, 0) is 35.0 Å². The van der Waals surface area contributed by atoms with Crippen LogP contribution in [0.5, 0.6) is 0 Å². The lowest BCUT2D eigenvalue weighted by Crippen LogP contribution is -2.26. The number of para-hydroxylation sites is 1. The summed E-state index contributed by atoms with van der Waals surface area (Å²) in [5.41, 5.74) is 0.628. The smallest absolute Gasteiger partial charge is 0.307 e. The van der Waals surface area contributed by atoms with Gasteiger partial charge in [0.1, 0.15) is 5.58 Å². The van der Waals surface area contributed by atoms with Gasteiger partial charge in [0.15, 0.2) is 5.76 Å². The molecule has 1 N–H and O–H groups in total. The van der Waals surface area contributed by atoms with Crippen LogP contribution in [0.2, 0.25) is 0 Å². The van der Waals surface area contributed by atoms with Crippen LogP contribution in [0.25, 0.3) is 11.0 Å². The van der Waals surface area contributed by atoms with E-state index in [4.69, 9.17) is 9.15 Å². The molecule has 0 atom stereocenters. The fourth-order valence-electron chi connectivity index (χ4n) is 1.74. The lowest BCUT2D eigenvalue weighted by molar-refractivity contribution is -0.142. The third kappa shape index (κ3) is 3.39. The molecule has 0 aliphatic heterocycles. The highest BCUT2D eigenvalue weighted by Gasteiger charge is 2.13. The Balaban J connectivity index is 1.98. The van der Waals surface area contributed by atoms with Gasteiger partial charge in [-0.15, -0.1) is 0 Å². The summed E-state index contributed by atoms with van der Waals surface area (Å²) in [7, 11) is 0. The summed E-state index contributed by atoms with van der Waals surface area (Å²) in [6.07, 6.45) is 0.142. The Kier molecular flexibility index (Phi) is 4.79. The molecule has 0 unspecified atom stereocenters. The minimum Gasteiger partial charge on any atom is -0.466 e. The van der Waals surface area contributed by atoms with Crippen LogP contribution in [0.1, 0.15) is 23.9 Å². The van der Waals surface area contributed by atoms with Gasteiger partial charge in [0.25, 0.3) is 5.91 Å². The molecule has 0 saturated carbocycles. The summed E-state index contributed by atoms with van der Waals surface area (Å²) >= 11 is 3.36. The number of hydrogen-bond donors (Lipinski definition) is 1. The van der Waals surface area contributed by atoms with Crippen molar-refractivity contribution in [3.8, 4) is 0 Å². The molecule has 1 aromatic carbocycles. The normalized spacial score (nSPS) is 10.5. The number of nitrogens with one attached hydrogen (secondary N) is 1. The fraction of sp³-hybridized carbons (Fsp3) is 0.286. The Morgan fingerprint density at radius 2 is 2.20 bits per heavy atom. The van der Waals surface area contributed by atoms with Crippen molar-refractivity contribution in [2.24, 2.45) is 0 Å². The van der Waals surface area contributed by atoms with Crippen LogP contribution in [-0.4, -0.2) is 25.0 Å². The lowest BCUT2D eigenvalue weighted by Gasteiger charge is -2.02. The number of esters is 1. The first-order valence-electron chi connectivity index (χ1n) is 6.23. The molecular weight excluding hydrogens is 326 g/mol. The Morgan fingerprint density at radius 1 is 1.40 bits per heavy atom. The van der Waals surface area contributed by atoms with E-state index in [2.05, 4.69) is 21.2 Å². The van der Waals surface area contributed by atoms with E-state index in [1.54, 1.807) is 13.0 Å². The van der Waals surface area contributed by atoms with Crippen molar-refractivity contribution in [3.63, 3.8) is 0 Å². The van der Waals surface area contributed by atoms with Crippen molar-refractivity contribution in [2.75, 3.05) is 13.2 Å². The number of rotatable bonds is 5. The number of furan rings is 1. The summed E-state index contributed by atoms with van der Waals surface area (Å²) in [6.45, 7) is 2.29. The summed E-state index contributed by atoms with van der Waals surface area (Å²) in [5, 5.41) is 3.46. The zero-order valence-corrected chi connectivity index (χ0v) is 12.5. The Labute approximate surface area is 124 Å². The quantitative estimate of drug-likeness (QED) is 0.850. The van der Waals surface area contributed by atoms with Gasteiger partial charge in [-0.25, -0.2) is 0 Å². The van der Waals surface area contributed by atoms with E-state index >= 15 is 0 Å². The predicted octanol–water partition coefficient (Wildman–Crippen LogP) is 2.88. The summed E-state index contributed by atoms with van der Waals surface area (Å²) < 4.78 is 11.1. The second-order valence-corrected chi connectivity index (χ2v) is 4.93. The first kappa shape index (κ1) is 14.6. The second kappa shape index (κ2) is 6.56. The van der Waals surface area contributed by atoms with Crippen LogP contribution < -0.4 is 5.32 Å². The van der Waals surface area contributed by atoms with Crippen molar-refractivity contribution < 1.29 is 18.7 Å². The second-order valence-electron chi connectivity index (χ2n) is 4.08.